The van der Waals surface area contributed by atoms with Crippen LogP contribution in [0.15, 0.2) is 18.2 Å². The lowest BCUT2D eigenvalue weighted by Crippen LogP contribution is -2.45. The van der Waals surface area contributed by atoms with Gasteiger partial charge in [0.15, 0.2) is 0 Å². The van der Waals surface area contributed by atoms with Crippen LogP contribution in [0, 0.1) is 17.8 Å². The molecular formula is C16H24Cl2N2. The summed E-state index contributed by atoms with van der Waals surface area (Å²) in [6.45, 7) is 4.66. The van der Waals surface area contributed by atoms with E-state index in [1.807, 2.05) is 18.2 Å². The smallest absolute Gasteiger partial charge is 0.0453 e. The summed E-state index contributed by atoms with van der Waals surface area (Å²) in [7, 11) is 0. The average molecular weight is 315 g/mol. The standard InChI is InChI=1S/C16H24Cl2N2/c1-10-6-11(2)8-12(7-10)16(20-19)9-13-14(17)4-3-5-15(13)18/h3-5,10-12,16,20H,6-9,19H2,1-2H3. The van der Waals surface area contributed by atoms with E-state index in [1.54, 1.807) is 0 Å². The SMILES string of the molecule is CC1CC(C)CC(C(Cc2c(Cl)cccc2Cl)NN)C1. The molecule has 1 aromatic rings. The average Bonchev–Trinajstić information content (AvgIpc) is 2.37. The van der Waals surface area contributed by atoms with E-state index < -0.39 is 0 Å². The fourth-order valence-corrected chi connectivity index (χ4v) is 4.20. The quantitative estimate of drug-likeness (QED) is 0.637. The molecule has 2 rings (SSSR count). The molecule has 3 N–H and O–H groups in total. The van der Waals surface area contributed by atoms with E-state index in [0.29, 0.717) is 5.92 Å². The zero-order valence-corrected chi connectivity index (χ0v) is 13.7. The maximum absolute atomic E-state index is 6.27. The van der Waals surface area contributed by atoms with Crippen molar-refractivity contribution >= 4 is 23.2 Å². The van der Waals surface area contributed by atoms with E-state index in [-0.39, 0.29) is 6.04 Å². The molecule has 0 aromatic heterocycles. The van der Waals surface area contributed by atoms with Gasteiger partial charge in [-0.25, -0.2) is 0 Å². The minimum Gasteiger partial charge on any atom is -0.271 e. The van der Waals surface area contributed by atoms with Crippen LogP contribution in [0.5, 0.6) is 0 Å². The number of nitrogens with one attached hydrogen (secondary N) is 1. The van der Waals surface area contributed by atoms with Crippen molar-refractivity contribution in [2.24, 2.45) is 23.6 Å². The third kappa shape index (κ3) is 3.88. The molecule has 4 heteroatoms. The summed E-state index contributed by atoms with van der Waals surface area (Å²) < 4.78 is 0. The third-order valence-corrected chi connectivity index (χ3v) is 5.19. The number of hydrazine groups is 1. The van der Waals surface area contributed by atoms with Crippen LogP contribution < -0.4 is 11.3 Å². The van der Waals surface area contributed by atoms with E-state index >= 15 is 0 Å². The molecule has 0 spiro atoms. The second kappa shape index (κ2) is 7.13. The fourth-order valence-electron chi connectivity index (χ4n) is 3.65. The Bertz CT molecular complexity index is 420. The van der Waals surface area contributed by atoms with Gasteiger partial charge in [-0.05, 0) is 61.1 Å². The molecule has 20 heavy (non-hydrogen) atoms. The number of benzene rings is 1. The lowest BCUT2D eigenvalue weighted by Gasteiger charge is -2.36. The highest BCUT2D eigenvalue weighted by molar-refractivity contribution is 6.36. The molecule has 1 aromatic carbocycles. The normalized spacial score (nSPS) is 28.4. The minimum atomic E-state index is 0.234. The van der Waals surface area contributed by atoms with Crippen molar-refractivity contribution in [1.82, 2.24) is 5.43 Å². The van der Waals surface area contributed by atoms with Gasteiger partial charge in [0.25, 0.3) is 0 Å². The highest BCUT2D eigenvalue weighted by atomic mass is 35.5. The predicted octanol–water partition coefficient (Wildman–Crippen LogP) is 4.44. The van der Waals surface area contributed by atoms with Crippen LogP contribution in [-0.2, 0) is 6.42 Å². The Kier molecular flexibility index (Phi) is 5.74. The predicted molar refractivity (Wildman–Crippen MR) is 86.9 cm³/mol. The first-order valence-electron chi connectivity index (χ1n) is 7.40. The molecular weight excluding hydrogens is 291 g/mol. The van der Waals surface area contributed by atoms with Gasteiger partial charge >= 0.3 is 0 Å². The number of hydrogen-bond acceptors (Lipinski definition) is 2. The van der Waals surface area contributed by atoms with Crippen LogP contribution in [0.3, 0.4) is 0 Å². The molecule has 112 valence electrons. The first-order valence-corrected chi connectivity index (χ1v) is 8.15. The Morgan fingerprint density at radius 2 is 1.70 bits per heavy atom. The van der Waals surface area contributed by atoms with E-state index in [9.17, 15) is 0 Å². The number of halogens is 2. The van der Waals surface area contributed by atoms with E-state index in [0.717, 1.165) is 33.9 Å². The van der Waals surface area contributed by atoms with Gasteiger partial charge in [-0.2, -0.15) is 0 Å². The van der Waals surface area contributed by atoms with E-state index in [2.05, 4.69) is 19.3 Å². The van der Waals surface area contributed by atoms with Crippen LogP contribution >= 0.6 is 23.2 Å². The highest BCUT2D eigenvalue weighted by Gasteiger charge is 2.30. The molecule has 0 bridgehead atoms. The van der Waals surface area contributed by atoms with Crippen molar-refractivity contribution in [2.75, 3.05) is 0 Å². The summed E-state index contributed by atoms with van der Waals surface area (Å²) in [6.07, 6.45) is 4.56. The first kappa shape index (κ1) is 16.1. The van der Waals surface area contributed by atoms with Crippen LogP contribution in [0.1, 0.15) is 38.7 Å². The van der Waals surface area contributed by atoms with Crippen LogP contribution in [0.4, 0.5) is 0 Å². The molecule has 3 atom stereocenters. The maximum Gasteiger partial charge on any atom is 0.0453 e. The summed E-state index contributed by atoms with van der Waals surface area (Å²) in [5.74, 6) is 7.93. The first-order chi connectivity index (χ1) is 9.51. The second-order valence-electron chi connectivity index (χ2n) is 6.36. The zero-order chi connectivity index (χ0) is 14.7. The van der Waals surface area contributed by atoms with Crippen LogP contribution in [-0.4, -0.2) is 6.04 Å². The summed E-state index contributed by atoms with van der Waals surface area (Å²) in [6, 6.07) is 5.90. The highest BCUT2D eigenvalue weighted by Crippen LogP contribution is 2.36. The molecule has 0 heterocycles. The van der Waals surface area contributed by atoms with Gasteiger partial charge in [0.05, 0.1) is 0 Å². The van der Waals surface area contributed by atoms with Gasteiger partial charge in [0, 0.05) is 16.1 Å². The summed E-state index contributed by atoms with van der Waals surface area (Å²) >= 11 is 12.5. The van der Waals surface area contributed by atoms with Gasteiger partial charge in [-0.1, -0.05) is 43.1 Å². The lowest BCUT2D eigenvalue weighted by atomic mass is 9.73. The number of rotatable bonds is 4. The van der Waals surface area contributed by atoms with Gasteiger partial charge in [0.1, 0.15) is 0 Å². The lowest BCUT2D eigenvalue weighted by molar-refractivity contribution is 0.175. The second-order valence-corrected chi connectivity index (χ2v) is 7.17. The Balaban J connectivity index is 2.12. The van der Waals surface area contributed by atoms with Crippen molar-refractivity contribution in [3.05, 3.63) is 33.8 Å². The number of nitrogens with two attached hydrogens (primary N) is 1. The minimum absolute atomic E-state index is 0.234. The van der Waals surface area contributed by atoms with Crippen molar-refractivity contribution in [3.63, 3.8) is 0 Å². The fraction of sp³-hybridized carbons (Fsp3) is 0.625. The molecule has 0 radical (unpaired) electrons. The molecule has 1 aliphatic rings. The van der Waals surface area contributed by atoms with Gasteiger partial charge in [-0.15, -0.1) is 0 Å². The molecule has 3 unspecified atom stereocenters. The molecule has 0 aliphatic heterocycles. The molecule has 2 nitrogen and oxygen atoms in total. The summed E-state index contributed by atoms with van der Waals surface area (Å²) in [4.78, 5) is 0. The van der Waals surface area contributed by atoms with Crippen molar-refractivity contribution < 1.29 is 0 Å². The summed E-state index contributed by atoms with van der Waals surface area (Å²) in [5.41, 5.74) is 4.00. The van der Waals surface area contributed by atoms with Gasteiger partial charge < -0.3 is 0 Å². The molecule has 1 aliphatic carbocycles. The van der Waals surface area contributed by atoms with E-state index in [1.165, 1.54) is 19.3 Å². The van der Waals surface area contributed by atoms with Crippen LogP contribution in [0.25, 0.3) is 0 Å². The third-order valence-electron chi connectivity index (χ3n) is 4.48. The zero-order valence-electron chi connectivity index (χ0n) is 12.2. The topological polar surface area (TPSA) is 38.0 Å². The van der Waals surface area contributed by atoms with Gasteiger partial charge in [-0.3, -0.25) is 11.3 Å². The van der Waals surface area contributed by atoms with Crippen LogP contribution in [0.2, 0.25) is 10.0 Å². The van der Waals surface area contributed by atoms with Crippen molar-refractivity contribution in [3.8, 4) is 0 Å². The number of hydrogen-bond donors (Lipinski definition) is 2. The van der Waals surface area contributed by atoms with E-state index in [4.69, 9.17) is 29.0 Å². The Morgan fingerprint density at radius 3 is 2.20 bits per heavy atom. The molecule has 0 saturated heterocycles. The molecule has 0 amide bonds. The molecule has 1 fully saturated rings. The Morgan fingerprint density at radius 1 is 1.15 bits per heavy atom. The van der Waals surface area contributed by atoms with Crippen molar-refractivity contribution in [2.45, 2.75) is 45.6 Å². The monoisotopic (exact) mass is 314 g/mol. The largest absolute Gasteiger partial charge is 0.271 e. The van der Waals surface area contributed by atoms with Crippen molar-refractivity contribution in [1.29, 1.82) is 0 Å². The molecule has 1 saturated carbocycles. The maximum atomic E-state index is 6.27. The Hall–Kier alpha value is -0.280. The van der Waals surface area contributed by atoms with Gasteiger partial charge in [0.2, 0.25) is 0 Å². The summed E-state index contributed by atoms with van der Waals surface area (Å²) in [5, 5.41) is 1.46. The Labute approximate surface area is 132 Å².